The normalized spacial score (nSPS) is 11.2. The van der Waals surface area contributed by atoms with Crippen LogP contribution in [0.15, 0.2) is 41.1 Å². The van der Waals surface area contributed by atoms with Gasteiger partial charge in [0.1, 0.15) is 0 Å². The minimum atomic E-state index is -3.20. The Morgan fingerprint density at radius 2 is 1.90 bits per heavy atom. The molecule has 7 heteroatoms. The SMILES string of the molecule is CS(=O)(=O)NCc1ccc(NC(=O)c2ccsc2)cc1. The second-order valence-corrected chi connectivity index (χ2v) is 6.87. The molecule has 2 rings (SSSR count). The highest BCUT2D eigenvalue weighted by atomic mass is 32.2. The molecule has 5 nitrogen and oxygen atoms in total. The smallest absolute Gasteiger partial charge is 0.256 e. The van der Waals surface area contributed by atoms with E-state index in [2.05, 4.69) is 10.0 Å². The van der Waals surface area contributed by atoms with E-state index in [-0.39, 0.29) is 12.5 Å². The van der Waals surface area contributed by atoms with Gasteiger partial charge in [0.15, 0.2) is 0 Å². The van der Waals surface area contributed by atoms with Gasteiger partial charge in [-0.15, -0.1) is 0 Å². The van der Waals surface area contributed by atoms with Gasteiger partial charge in [-0.2, -0.15) is 11.3 Å². The molecule has 2 aromatic rings. The van der Waals surface area contributed by atoms with Crippen LogP contribution in [0.1, 0.15) is 15.9 Å². The van der Waals surface area contributed by atoms with Crippen molar-refractivity contribution in [3.63, 3.8) is 0 Å². The molecule has 0 bridgehead atoms. The summed E-state index contributed by atoms with van der Waals surface area (Å²) in [6.07, 6.45) is 1.11. The van der Waals surface area contributed by atoms with Crippen molar-refractivity contribution in [1.82, 2.24) is 4.72 Å². The Kier molecular flexibility index (Phi) is 4.53. The van der Waals surface area contributed by atoms with Crippen molar-refractivity contribution < 1.29 is 13.2 Å². The lowest BCUT2D eigenvalue weighted by Gasteiger charge is -2.06. The molecule has 0 spiro atoms. The highest BCUT2D eigenvalue weighted by Crippen LogP contribution is 2.13. The number of rotatable bonds is 5. The van der Waals surface area contributed by atoms with Crippen molar-refractivity contribution in [3.8, 4) is 0 Å². The standard InChI is InChI=1S/C13H14N2O3S2/c1-20(17,18)14-8-10-2-4-12(5-3-10)15-13(16)11-6-7-19-9-11/h2-7,9,14H,8H2,1H3,(H,15,16). The molecule has 2 N–H and O–H groups in total. The third-order valence-corrected chi connectivity index (χ3v) is 3.89. The first-order valence-electron chi connectivity index (χ1n) is 5.81. The second-order valence-electron chi connectivity index (χ2n) is 4.26. The lowest BCUT2D eigenvalue weighted by molar-refractivity contribution is 0.102. The van der Waals surface area contributed by atoms with Crippen LogP contribution in [0, 0.1) is 0 Å². The van der Waals surface area contributed by atoms with Crippen LogP contribution in [-0.2, 0) is 16.6 Å². The van der Waals surface area contributed by atoms with Gasteiger partial charge in [0.25, 0.3) is 5.91 Å². The highest BCUT2D eigenvalue weighted by molar-refractivity contribution is 7.88. The summed E-state index contributed by atoms with van der Waals surface area (Å²) in [6, 6.07) is 8.76. The molecule has 1 amide bonds. The molecule has 1 aromatic carbocycles. The maximum Gasteiger partial charge on any atom is 0.256 e. The Morgan fingerprint density at radius 3 is 2.45 bits per heavy atom. The molecule has 1 heterocycles. The summed E-state index contributed by atoms with van der Waals surface area (Å²) in [4.78, 5) is 11.8. The van der Waals surface area contributed by atoms with Gasteiger partial charge in [-0.1, -0.05) is 12.1 Å². The van der Waals surface area contributed by atoms with Crippen molar-refractivity contribution in [2.45, 2.75) is 6.54 Å². The summed E-state index contributed by atoms with van der Waals surface area (Å²) in [7, 11) is -3.20. The Balaban J connectivity index is 1.96. The van der Waals surface area contributed by atoms with E-state index in [0.29, 0.717) is 11.3 Å². The Morgan fingerprint density at radius 1 is 1.20 bits per heavy atom. The molecule has 0 atom stereocenters. The Labute approximate surface area is 121 Å². The topological polar surface area (TPSA) is 75.3 Å². The predicted molar refractivity (Wildman–Crippen MR) is 80.4 cm³/mol. The van der Waals surface area contributed by atoms with Gasteiger partial charge >= 0.3 is 0 Å². The van der Waals surface area contributed by atoms with E-state index in [1.807, 2.05) is 5.38 Å². The number of thiophene rings is 1. The molecular weight excluding hydrogens is 296 g/mol. The monoisotopic (exact) mass is 310 g/mol. The summed E-state index contributed by atoms with van der Waals surface area (Å²) in [5.74, 6) is -0.159. The Hall–Kier alpha value is -1.70. The summed E-state index contributed by atoms with van der Waals surface area (Å²) in [5, 5.41) is 6.39. The molecular formula is C13H14N2O3S2. The van der Waals surface area contributed by atoms with Crippen molar-refractivity contribution in [2.75, 3.05) is 11.6 Å². The van der Waals surface area contributed by atoms with Gasteiger partial charge in [0.2, 0.25) is 10.0 Å². The molecule has 0 fully saturated rings. The fraction of sp³-hybridized carbons (Fsp3) is 0.154. The van der Waals surface area contributed by atoms with Gasteiger partial charge in [-0.3, -0.25) is 4.79 Å². The lowest BCUT2D eigenvalue weighted by Crippen LogP contribution is -2.21. The molecule has 1 aromatic heterocycles. The Bertz CT molecular complexity index is 677. The minimum absolute atomic E-state index is 0.159. The average Bonchev–Trinajstić information content (AvgIpc) is 2.91. The summed E-state index contributed by atoms with van der Waals surface area (Å²) in [6.45, 7) is 0.234. The van der Waals surface area contributed by atoms with Crippen LogP contribution in [0.4, 0.5) is 5.69 Å². The van der Waals surface area contributed by atoms with Gasteiger partial charge in [0.05, 0.1) is 11.8 Å². The fourth-order valence-corrected chi connectivity index (χ4v) is 2.58. The first-order valence-corrected chi connectivity index (χ1v) is 8.64. The van der Waals surface area contributed by atoms with Crippen molar-refractivity contribution in [3.05, 3.63) is 52.2 Å². The third kappa shape index (κ3) is 4.44. The maximum atomic E-state index is 11.8. The zero-order chi connectivity index (χ0) is 14.6. The second kappa shape index (κ2) is 6.17. The zero-order valence-corrected chi connectivity index (χ0v) is 12.4. The quantitative estimate of drug-likeness (QED) is 0.887. The molecule has 0 saturated carbocycles. The van der Waals surface area contributed by atoms with Crippen LogP contribution in [0.5, 0.6) is 0 Å². The summed E-state index contributed by atoms with van der Waals surface area (Å²) in [5.41, 5.74) is 2.12. The number of nitrogens with one attached hydrogen (secondary N) is 2. The van der Waals surface area contributed by atoms with Gasteiger partial charge in [-0.25, -0.2) is 13.1 Å². The van der Waals surface area contributed by atoms with Gasteiger partial charge in [0, 0.05) is 17.6 Å². The van der Waals surface area contributed by atoms with Crippen LogP contribution in [-0.4, -0.2) is 20.6 Å². The average molecular weight is 310 g/mol. The number of benzene rings is 1. The summed E-state index contributed by atoms with van der Waals surface area (Å²) < 4.78 is 24.4. The van der Waals surface area contributed by atoms with E-state index in [9.17, 15) is 13.2 Å². The molecule has 0 aliphatic rings. The van der Waals surface area contributed by atoms with E-state index in [1.165, 1.54) is 11.3 Å². The maximum absolute atomic E-state index is 11.8. The van der Waals surface area contributed by atoms with E-state index in [0.717, 1.165) is 11.8 Å². The number of carbonyl (C=O) groups is 1. The molecule has 0 unspecified atom stereocenters. The zero-order valence-electron chi connectivity index (χ0n) is 10.8. The van der Waals surface area contributed by atoms with Crippen molar-refractivity contribution in [1.29, 1.82) is 0 Å². The van der Waals surface area contributed by atoms with Crippen LogP contribution in [0.3, 0.4) is 0 Å². The van der Waals surface area contributed by atoms with Crippen LogP contribution >= 0.6 is 11.3 Å². The van der Waals surface area contributed by atoms with E-state index in [4.69, 9.17) is 0 Å². The van der Waals surface area contributed by atoms with Crippen LogP contribution < -0.4 is 10.0 Å². The van der Waals surface area contributed by atoms with Crippen LogP contribution in [0.2, 0.25) is 0 Å². The molecule has 0 aliphatic carbocycles. The van der Waals surface area contributed by atoms with Crippen molar-refractivity contribution in [2.24, 2.45) is 0 Å². The molecule has 0 aliphatic heterocycles. The first kappa shape index (κ1) is 14.7. The first-order chi connectivity index (χ1) is 9.44. The van der Waals surface area contributed by atoms with E-state index < -0.39 is 10.0 Å². The third-order valence-electron chi connectivity index (χ3n) is 2.53. The predicted octanol–water partition coefficient (Wildman–Crippen LogP) is 2.05. The molecule has 0 radical (unpaired) electrons. The number of sulfonamides is 1. The van der Waals surface area contributed by atoms with Gasteiger partial charge in [-0.05, 0) is 29.1 Å². The molecule has 0 saturated heterocycles. The van der Waals surface area contributed by atoms with E-state index in [1.54, 1.807) is 35.7 Å². The number of hydrogen-bond acceptors (Lipinski definition) is 4. The largest absolute Gasteiger partial charge is 0.322 e. The summed E-state index contributed by atoms with van der Waals surface area (Å²) >= 11 is 1.46. The highest BCUT2D eigenvalue weighted by Gasteiger charge is 2.06. The number of hydrogen-bond donors (Lipinski definition) is 2. The number of amides is 1. The van der Waals surface area contributed by atoms with E-state index >= 15 is 0 Å². The van der Waals surface area contributed by atoms with Crippen molar-refractivity contribution >= 4 is 33.0 Å². The minimum Gasteiger partial charge on any atom is -0.322 e. The molecule has 20 heavy (non-hydrogen) atoms. The number of carbonyl (C=O) groups excluding carboxylic acids is 1. The fourth-order valence-electron chi connectivity index (χ4n) is 1.52. The number of anilines is 1. The van der Waals surface area contributed by atoms with Gasteiger partial charge < -0.3 is 5.32 Å². The lowest BCUT2D eigenvalue weighted by atomic mass is 10.2. The molecule has 106 valence electrons. The van der Waals surface area contributed by atoms with Crippen LogP contribution in [0.25, 0.3) is 0 Å².